The van der Waals surface area contributed by atoms with Crippen LogP contribution < -0.4 is 10.4 Å². The first-order chi connectivity index (χ1) is 15.5. The second kappa shape index (κ2) is 7.62. The van der Waals surface area contributed by atoms with E-state index in [1.807, 2.05) is 12.1 Å². The average Bonchev–Trinajstić information content (AvgIpc) is 2.77. The van der Waals surface area contributed by atoms with Crippen molar-refractivity contribution in [3.63, 3.8) is 0 Å². The minimum atomic E-state index is -0.337. The molecule has 7 rings (SSSR count). The number of carbonyl (C=O) groups excluding carboxylic acids is 1. The van der Waals surface area contributed by atoms with Crippen LogP contribution in [0.5, 0.6) is 5.75 Å². The molecule has 2 aromatic rings. The zero-order valence-corrected chi connectivity index (χ0v) is 18.8. The molecule has 6 nitrogen and oxygen atoms in total. The topological polar surface area (TPSA) is 63.0 Å². The minimum Gasteiger partial charge on any atom is -0.497 e. The number of carbonyl (C=O) groups is 1. The average molecular weight is 437 g/mol. The molecule has 1 saturated heterocycles. The summed E-state index contributed by atoms with van der Waals surface area (Å²) in [6.45, 7) is 3.95. The summed E-state index contributed by atoms with van der Waals surface area (Å²) in [6.07, 6.45) is 7.50. The Kier molecular flexibility index (Phi) is 4.83. The van der Waals surface area contributed by atoms with Gasteiger partial charge in [0.1, 0.15) is 11.3 Å². The van der Waals surface area contributed by atoms with Crippen LogP contribution in [0.3, 0.4) is 0 Å². The monoisotopic (exact) mass is 436 g/mol. The second-order valence-electron chi connectivity index (χ2n) is 10.7. The zero-order valence-electron chi connectivity index (χ0n) is 18.8. The quantitative estimate of drug-likeness (QED) is 0.685. The van der Waals surface area contributed by atoms with E-state index in [1.165, 1.54) is 19.3 Å². The van der Waals surface area contributed by atoms with Gasteiger partial charge in [0.05, 0.1) is 12.5 Å². The first-order valence-electron chi connectivity index (χ1n) is 12.1. The summed E-state index contributed by atoms with van der Waals surface area (Å²) in [7, 11) is 1.60. The van der Waals surface area contributed by atoms with Crippen LogP contribution in [0.4, 0.5) is 0 Å². The maximum atomic E-state index is 13.6. The van der Waals surface area contributed by atoms with Crippen LogP contribution in [0.15, 0.2) is 33.5 Å². The predicted molar refractivity (Wildman–Crippen MR) is 121 cm³/mol. The van der Waals surface area contributed by atoms with E-state index in [0.717, 1.165) is 74.1 Å². The van der Waals surface area contributed by atoms with E-state index in [0.29, 0.717) is 23.8 Å². The Morgan fingerprint density at radius 2 is 1.69 bits per heavy atom. The Bertz CT molecular complexity index is 1060. The molecule has 5 aliphatic rings. The molecule has 0 atom stereocenters. The van der Waals surface area contributed by atoms with E-state index in [9.17, 15) is 9.59 Å². The number of benzene rings is 1. The number of nitrogens with zero attached hydrogens (tertiary/aromatic N) is 2. The highest BCUT2D eigenvalue weighted by molar-refractivity contribution is 5.83. The number of hydrogen-bond donors (Lipinski definition) is 0. The summed E-state index contributed by atoms with van der Waals surface area (Å²) >= 11 is 0. The van der Waals surface area contributed by atoms with Crippen molar-refractivity contribution in [3.8, 4) is 5.75 Å². The molecule has 0 N–H and O–H groups in total. The molecule has 6 heteroatoms. The number of ether oxygens (including phenoxy) is 1. The molecule has 1 aliphatic heterocycles. The van der Waals surface area contributed by atoms with Crippen LogP contribution in [0.25, 0.3) is 11.0 Å². The van der Waals surface area contributed by atoms with E-state index in [4.69, 9.17) is 9.15 Å². The molecule has 1 aromatic carbocycles. The largest absolute Gasteiger partial charge is 0.497 e. The third-order valence-corrected chi connectivity index (χ3v) is 8.58. The van der Waals surface area contributed by atoms with Crippen molar-refractivity contribution in [2.75, 3.05) is 33.3 Å². The van der Waals surface area contributed by atoms with Crippen molar-refractivity contribution in [1.82, 2.24) is 9.80 Å². The molecular weight excluding hydrogens is 404 g/mol. The fourth-order valence-corrected chi connectivity index (χ4v) is 7.53. The molecule has 0 spiro atoms. The van der Waals surface area contributed by atoms with E-state index >= 15 is 0 Å². The van der Waals surface area contributed by atoms with Crippen molar-refractivity contribution in [3.05, 3.63) is 40.2 Å². The highest BCUT2D eigenvalue weighted by atomic mass is 16.5. The highest BCUT2D eigenvalue weighted by Gasteiger charge is 2.55. The lowest BCUT2D eigenvalue weighted by atomic mass is 9.49. The first-order valence-corrected chi connectivity index (χ1v) is 12.1. The lowest BCUT2D eigenvalue weighted by Gasteiger charge is -2.57. The van der Waals surface area contributed by atoms with Gasteiger partial charge in [-0.15, -0.1) is 0 Å². The number of amides is 1. The van der Waals surface area contributed by atoms with Gasteiger partial charge in [0, 0.05) is 50.2 Å². The Hall–Kier alpha value is -2.34. The smallest absolute Gasteiger partial charge is 0.336 e. The molecule has 4 bridgehead atoms. The van der Waals surface area contributed by atoms with Crippen molar-refractivity contribution in [2.24, 2.45) is 23.2 Å². The number of rotatable bonds is 4. The second-order valence-corrected chi connectivity index (χ2v) is 10.7. The molecule has 4 saturated carbocycles. The summed E-state index contributed by atoms with van der Waals surface area (Å²) in [5, 5.41) is 0.942. The van der Waals surface area contributed by atoms with Crippen LogP contribution in [0.2, 0.25) is 0 Å². The zero-order chi connectivity index (χ0) is 21.9. The first kappa shape index (κ1) is 20.3. The highest BCUT2D eigenvalue weighted by Crippen LogP contribution is 2.60. The van der Waals surface area contributed by atoms with Crippen LogP contribution >= 0.6 is 0 Å². The van der Waals surface area contributed by atoms with Gasteiger partial charge in [-0.2, -0.15) is 0 Å². The lowest BCUT2D eigenvalue weighted by Crippen LogP contribution is -2.58. The summed E-state index contributed by atoms with van der Waals surface area (Å²) in [4.78, 5) is 30.2. The summed E-state index contributed by atoms with van der Waals surface area (Å²) in [5.41, 5.74) is 1.14. The summed E-state index contributed by atoms with van der Waals surface area (Å²) < 4.78 is 10.7. The van der Waals surface area contributed by atoms with Gasteiger partial charge in [-0.25, -0.2) is 4.79 Å². The third kappa shape index (κ3) is 3.43. The van der Waals surface area contributed by atoms with Crippen LogP contribution in [-0.4, -0.2) is 49.0 Å². The van der Waals surface area contributed by atoms with E-state index < -0.39 is 0 Å². The van der Waals surface area contributed by atoms with Crippen LogP contribution in [0.1, 0.15) is 44.1 Å². The molecule has 4 aliphatic carbocycles. The third-order valence-electron chi connectivity index (χ3n) is 8.58. The van der Waals surface area contributed by atoms with E-state index in [-0.39, 0.29) is 11.0 Å². The SMILES string of the molecule is COc1ccc2c(CN3CCN(C(=O)C45CC6CC(CC(C6)C4)C5)CC3)cc(=O)oc2c1. The van der Waals surface area contributed by atoms with Crippen molar-refractivity contribution in [1.29, 1.82) is 0 Å². The fourth-order valence-electron chi connectivity index (χ4n) is 7.53. The van der Waals surface area contributed by atoms with Gasteiger partial charge in [0.25, 0.3) is 0 Å². The molecule has 1 aromatic heterocycles. The maximum absolute atomic E-state index is 13.6. The van der Waals surface area contributed by atoms with Gasteiger partial charge >= 0.3 is 5.63 Å². The Labute approximate surface area is 188 Å². The van der Waals surface area contributed by atoms with Crippen LogP contribution in [0, 0.1) is 23.2 Å². The van der Waals surface area contributed by atoms with E-state index in [2.05, 4.69) is 9.80 Å². The molecule has 1 amide bonds. The number of hydrogen-bond acceptors (Lipinski definition) is 5. The van der Waals surface area contributed by atoms with Gasteiger partial charge in [0.2, 0.25) is 5.91 Å². The maximum Gasteiger partial charge on any atom is 0.336 e. The number of piperazine rings is 1. The predicted octanol–water partition coefficient (Wildman–Crippen LogP) is 3.66. The van der Waals surface area contributed by atoms with Crippen molar-refractivity contribution in [2.45, 2.75) is 45.1 Å². The Morgan fingerprint density at radius 1 is 1.03 bits per heavy atom. The van der Waals surface area contributed by atoms with Crippen LogP contribution in [-0.2, 0) is 11.3 Å². The molecule has 170 valence electrons. The van der Waals surface area contributed by atoms with Gasteiger partial charge in [0.15, 0.2) is 0 Å². The van der Waals surface area contributed by atoms with Gasteiger partial charge < -0.3 is 14.1 Å². The minimum absolute atomic E-state index is 0.0510. The number of fused-ring (bicyclic) bond motifs is 1. The molecule has 32 heavy (non-hydrogen) atoms. The molecule has 2 heterocycles. The fraction of sp³-hybridized carbons (Fsp3) is 0.615. The number of methoxy groups -OCH3 is 1. The summed E-state index contributed by atoms with van der Waals surface area (Å²) in [5.74, 6) is 3.50. The molecule has 0 unspecified atom stereocenters. The molecule has 0 radical (unpaired) electrons. The Balaban J connectivity index is 1.14. The Morgan fingerprint density at radius 3 is 2.31 bits per heavy atom. The van der Waals surface area contributed by atoms with E-state index in [1.54, 1.807) is 19.2 Å². The van der Waals surface area contributed by atoms with Gasteiger partial charge in [-0.3, -0.25) is 9.69 Å². The summed E-state index contributed by atoms with van der Waals surface area (Å²) in [6, 6.07) is 7.22. The molecular formula is C26H32N2O4. The van der Waals surface area contributed by atoms with Crippen molar-refractivity contribution >= 4 is 16.9 Å². The molecule has 5 fully saturated rings. The van der Waals surface area contributed by atoms with Crippen molar-refractivity contribution < 1.29 is 13.9 Å². The normalized spacial score (nSPS) is 31.9. The van der Waals surface area contributed by atoms with Gasteiger partial charge in [-0.05, 0) is 74.0 Å². The van der Waals surface area contributed by atoms with Gasteiger partial charge in [-0.1, -0.05) is 0 Å². The lowest BCUT2D eigenvalue weighted by molar-refractivity contribution is -0.159. The standard InChI is InChI=1S/C26H32N2O4/c1-31-21-2-3-22-20(11-24(29)32-23(22)12-21)16-27-4-6-28(7-5-27)25(30)26-13-17-8-18(14-26)10-19(9-17)15-26/h2-3,11-12,17-19H,4-10,13-16H2,1H3.